The number of allylic oxidation sites excluding steroid dienone is 4. The van der Waals surface area contributed by atoms with Crippen LogP contribution in [0.3, 0.4) is 0 Å². The van der Waals surface area contributed by atoms with Gasteiger partial charge in [-0.25, -0.2) is 18.7 Å². The molecule has 0 bridgehead atoms. The molecule has 0 saturated carbocycles. The molecule has 3 aromatic rings. The number of fused-ring (bicyclic) bond motifs is 3. The molecular weight excluding hydrogens is 442 g/mol. The summed E-state index contributed by atoms with van der Waals surface area (Å²) in [5.41, 5.74) is 4.46. The highest BCUT2D eigenvalue weighted by Crippen LogP contribution is 2.37. The van der Waals surface area contributed by atoms with E-state index < -0.39 is 17.9 Å². The first-order valence-electron chi connectivity index (χ1n) is 10.3. The van der Waals surface area contributed by atoms with Crippen molar-refractivity contribution in [3.8, 4) is 23.6 Å². The lowest BCUT2D eigenvalue weighted by Crippen LogP contribution is -2.27. The third-order valence-corrected chi connectivity index (χ3v) is 5.80. The Morgan fingerprint density at radius 2 is 1.94 bits per heavy atom. The molecule has 1 aliphatic heterocycles. The molecule has 0 fully saturated rings. The van der Waals surface area contributed by atoms with Gasteiger partial charge in [-0.2, -0.15) is 0 Å². The Bertz CT molecular complexity index is 1370. The van der Waals surface area contributed by atoms with Gasteiger partial charge >= 0.3 is 0 Å². The van der Waals surface area contributed by atoms with Gasteiger partial charge in [0.1, 0.15) is 12.0 Å². The first-order chi connectivity index (χ1) is 16.0. The number of benzene rings is 2. The summed E-state index contributed by atoms with van der Waals surface area (Å²) in [6, 6.07) is 12.5. The van der Waals surface area contributed by atoms with E-state index in [4.69, 9.17) is 23.0 Å². The summed E-state index contributed by atoms with van der Waals surface area (Å²) in [7, 11) is 0. The third-order valence-electron chi connectivity index (χ3n) is 5.57. The average Bonchev–Trinajstić information content (AvgIpc) is 2.96. The van der Waals surface area contributed by atoms with Crippen LogP contribution in [-0.2, 0) is 6.54 Å². The van der Waals surface area contributed by atoms with Crippen molar-refractivity contribution in [3.05, 3.63) is 94.4 Å². The fraction of sp³-hybridized carbons (Fsp3) is 0.115. The largest absolute Gasteiger partial charge is 0.324 e. The normalized spacial score (nSPS) is 18.8. The maximum atomic E-state index is 14.8. The lowest BCUT2D eigenvalue weighted by Gasteiger charge is -2.23. The standard InChI is InChI=1S/C26H17ClF2N4/c1-2-15-6-9-18(10-7-15)32-26-31-14-16-13-30-25(23-21(28)4-3-5-22(23)29)20-12-17(27)8-11-19(20)24(16)33-26/h1,3-12,14,21,23H,13H2,(H,31,32,33). The monoisotopic (exact) mass is 458 g/mol. The minimum Gasteiger partial charge on any atom is -0.324 e. The predicted octanol–water partition coefficient (Wildman–Crippen LogP) is 6.20. The highest BCUT2D eigenvalue weighted by Gasteiger charge is 2.34. The molecule has 0 saturated heterocycles. The van der Waals surface area contributed by atoms with Gasteiger partial charge in [-0.15, -0.1) is 6.42 Å². The molecule has 2 aliphatic rings. The van der Waals surface area contributed by atoms with E-state index in [1.807, 2.05) is 24.3 Å². The van der Waals surface area contributed by atoms with Crippen LogP contribution in [0, 0.1) is 18.3 Å². The predicted molar refractivity (Wildman–Crippen MR) is 127 cm³/mol. The summed E-state index contributed by atoms with van der Waals surface area (Å²) in [6.45, 7) is 0.189. The van der Waals surface area contributed by atoms with Crippen LogP contribution < -0.4 is 5.32 Å². The van der Waals surface area contributed by atoms with Crippen molar-refractivity contribution in [2.75, 3.05) is 5.32 Å². The van der Waals surface area contributed by atoms with Crippen LogP contribution in [0.5, 0.6) is 0 Å². The Kier molecular flexibility index (Phi) is 5.49. The van der Waals surface area contributed by atoms with E-state index in [9.17, 15) is 8.78 Å². The molecule has 0 amide bonds. The van der Waals surface area contributed by atoms with E-state index in [0.717, 1.165) is 16.8 Å². The number of rotatable bonds is 3. The lowest BCUT2D eigenvalue weighted by molar-refractivity contribution is 0.326. The molecule has 4 nitrogen and oxygen atoms in total. The molecule has 2 unspecified atom stereocenters. The van der Waals surface area contributed by atoms with E-state index in [2.05, 4.69) is 21.2 Å². The van der Waals surface area contributed by atoms with Gasteiger partial charge in [-0.05, 0) is 48.6 Å². The second-order valence-electron chi connectivity index (χ2n) is 7.66. The van der Waals surface area contributed by atoms with Gasteiger partial charge in [0.15, 0.2) is 0 Å². The Morgan fingerprint density at radius 1 is 1.12 bits per heavy atom. The summed E-state index contributed by atoms with van der Waals surface area (Å²) in [5, 5.41) is 3.61. The van der Waals surface area contributed by atoms with Crippen LogP contribution in [-0.4, -0.2) is 21.9 Å². The van der Waals surface area contributed by atoms with Crippen LogP contribution in [0.4, 0.5) is 20.4 Å². The maximum Gasteiger partial charge on any atom is 0.227 e. The molecule has 162 valence electrons. The number of alkyl halides is 1. The van der Waals surface area contributed by atoms with Gasteiger partial charge in [0.2, 0.25) is 5.95 Å². The van der Waals surface area contributed by atoms with Crippen molar-refractivity contribution >= 4 is 28.9 Å². The van der Waals surface area contributed by atoms with E-state index in [1.54, 1.807) is 24.4 Å². The Labute approximate surface area is 194 Å². The summed E-state index contributed by atoms with van der Waals surface area (Å²) in [5.74, 6) is 1.23. The molecule has 2 heterocycles. The number of halogens is 3. The zero-order valence-corrected chi connectivity index (χ0v) is 18.0. The molecule has 33 heavy (non-hydrogen) atoms. The second kappa shape index (κ2) is 8.61. The Morgan fingerprint density at radius 3 is 2.70 bits per heavy atom. The number of hydrogen-bond donors (Lipinski definition) is 1. The van der Waals surface area contributed by atoms with E-state index in [1.165, 1.54) is 18.2 Å². The van der Waals surface area contributed by atoms with Crippen LogP contribution in [0.25, 0.3) is 11.3 Å². The van der Waals surface area contributed by atoms with Crippen LogP contribution in [0.15, 0.2) is 77.7 Å². The molecule has 0 radical (unpaired) electrons. The molecule has 1 aromatic heterocycles. The van der Waals surface area contributed by atoms with Crippen LogP contribution in [0.2, 0.25) is 5.02 Å². The number of nitrogens with zero attached hydrogens (tertiary/aromatic N) is 3. The molecule has 2 aromatic carbocycles. The second-order valence-corrected chi connectivity index (χ2v) is 8.10. The lowest BCUT2D eigenvalue weighted by atomic mass is 9.86. The zero-order chi connectivity index (χ0) is 22.9. The highest BCUT2D eigenvalue weighted by atomic mass is 35.5. The van der Waals surface area contributed by atoms with Crippen molar-refractivity contribution in [1.82, 2.24) is 9.97 Å². The molecule has 1 aliphatic carbocycles. The molecule has 0 spiro atoms. The van der Waals surface area contributed by atoms with Gasteiger partial charge in [0.25, 0.3) is 0 Å². The topological polar surface area (TPSA) is 50.2 Å². The van der Waals surface area contributed by atoms with Crippen molar-refractivity contribution < 1.29 is 8.78 Å². The van der Waals surface area contributed by atoms with Crippen molar-refractivity contribution in [3.63, 3.8) is 0 Å². The maximum absolute atomic E-state index is 14.8. The number of anilines is 2. The fourth-order valence-corrected chi connectivity index (χ4v) is 4.13. The first-order valence-corrected chi connectivity index (χ1v) is 10.6. The van der Waals surface area contributed by atoms with Gasteiger partial charge in [0, 0.05) is 39.2 Å². The van der Waals surface area contributed by atoms with Crippen LogP contribution in [0.1, 0.15) is 16.7 Å². The van der Waals surface area contributed by atoms with Gasteiger partial charge < -0.3 is 5.32 Å². The molecule has 2 atom stereocenters. The number of hydrogen-bond acceptors (Lipinski definition) is 4. The minimum atomic E-state index is -1.53. The number of terminal acetylenes is 1. The van der Waals surface area contributed by atoms with Crippen molar-refractivity contribution in [2.24, 2.45) is 10.9 Å². The third kappa shape index (κ3) is 4.04. The Balaban J connectivity index is 1.57. The first kappa shape index (κ1) is 21.0. The summed E-state index contributed by atoms with van der Waals surface area (Å²) >= 11 is 6.27. The van der Waals surface area contributed by atoms with E-state index >= 15 is 0 Å². The SMILES string of the molecule is C#Cc1ccc(Nc2ncc3c(n2)-c2ccc(Cl)cc2C(C2C(F)=CC=CC2F)=NC3)cc1. The van der Waals surface area contributed by atoms with Crippen molar-refractivity contribution in [2.45, 2.75) is 12.7 Å². The van der Waals surface area contributed by atoms with Gasteiger partial charge in [-0.3, -0.25) is 4.99 Å². The molecule has 1 N–H and O–H groups in total. The summed E-state index contributed by atoms with van der Waals surface area (Å²) in [6.07, 6.45) is 9.52. The average molecular weight is 459 g/mol. The summed E-state index contributed by atoms with van der Waals surface area (Å²) < 4.78 is 29.5. The van der Waals surface area contributed by atoms with E-state index in [-0.39, 0.29) is 6.54 Å². The number of aliphatic imine (C=N–C) groups is 1. The van der Waals surface area contributed by atoms with Crippen molar-refractivity contribution in [1.29, 1.82) is 0 Å². The highest BCUT2D eigenvalue weighted by molar-refractivity contribution is 6.31. The van der Waals surface area contributed by atoms with Gasteiger partial charge in [0.05, 0.1) is 23.9 Å². The zero-order valence-electron chi connectivity index (χ0n) is 17.3. The molecule has 5 rings (SSSR count). The van der Waals surface area contributed by atoms with Crippen LogP contribution >= 0.6 is 11.6 Å². The minimum absolute atomic E-state index is 0.189. The fourth-order valence-electron chi connectivity index (χ4n) is 3.95. The molecular formula is C26H17ClF2N4. The van der Waals surface area contributed by atoms with Gasteiger partial charge in [-0.1, -0.05) is 29.7 Å². The molecule has 7 heteroatoms. The quantitative estimate of drug-likeness (QED) is 0.475. The Hall–Kier alpha value is -3.82. The smallest absolute Gasteiger partial charge is 0.227 e. The number of nitrogens with one attached hydrogen (secondary N) is 1. The van der Waals surface area contributed by atoms with E-state index in [0.29, 0.717) is 33.5 Å². The summed E-state index contributed by atoms with van der Waals surface area (Å²) in [4.78, 5) is 13.7. The number of aromatic nitrogens is 2.